The Balaban J connectivity index is 1.43. The van der Waals surface area contributed by atoms with Crippen LogP contribution in [0.4, 0.5) is 15.8 Å². The first-order valence-electron chi connectivity index (χ1n) is 20.4. The molecule has 1 amide bonds. The summed E-state index contributed by atoms with van der Waals surface area (Å²) in [6, 6.07) is 18.7. The van der Waals surface area contributed by atoms with E-state index in [1.807, 2.05) is 38.1 Å². The number of nitrogens with one attached hydrogen (secondary N) is 1. The van der Waals surface area contributed by atoms with E-state index in [1.165, 1.54) is 42.0 Å². The minimum atomic E-state index is -4.42. The number of amides is 1. The van der Waals surface area contributed by atoms with Gasteiger partial charge in [-0.2, -0.15) is 21.4 Å². The van der Waals surface area contributed by atoms with E-state index in [2.05, 4.69) is 52.8 Å². The summed E-state index contributed by atoms with van der Waals surface area (Å²) in [7, 11) is -6.88. The summed E-state index contributed by atoms with van der Waals surface area (Å²) < 4.78 is 89.3. The van der Waals surface area contributed by atoms with Crippen LogP contribution in [-0.2, 0) is 35.9 Å². The van der Waals surface area contributed by atoms with Crippen LogP contribution in [0.3, 0.4) is 0 Å². The van der Waals surface area contributed by atoms with Crippen molar-refractivity contribution in [1.29, 1.82) is 0 Å². The van der Waals surface area contributed by atoms with Gasteiger partial charge in [0.1, 0.15) is 23.9 Å². The Labute approximate surface area is 354 Å². The number of fused-ring (bicyclic) bond motifs is 2. The van der Waals surface area contributed by atoms with Gasteiger partial charge in [-0.15, -0.1) is 0 Å². The molecule has 0 radical (unpaired) electrons. The highest BCUT2D eigenvalue weighted by Crippen LogP contribution is 2.48. The topological polar surface area (TPSA) is 153 Å². The number of benzene rings is 3. The molecular formula is C45H54BFN3O8S2+. The summed E-state index contributed by atoms with van der Waals surface area (Å²) in [6.45, 7) is 9.63. The lowest BCUT2D eigenvalue weighted by molar-refractivity contribution is -0.438. The number of allylic oxidation sites excluding steroid dienone is 7. The highest BCUT2D eigenvalue weighted by atomic mass is 32.2. The third-order valence-electron chi connectivity index (χ3n) is 11.7. The van der Waals surface area contributed by atoms with Crippen LogP contribution in [0.15, 0.2) is 119 Å². The normalized spacial score (nSPS) is 18.8. The zero-order chi connectivity index (χ0) is 43.5. The van der Waals surface area contributed by atoms with Crippen LogP contribution in [0.25, 0.3) is 0 Å². The number of carbonyl (C=O) groups excluding carboxylic acids is 1. The van der Waals surface area contributed by atoms with Crippen LogP contribution in [0, 0.1) is 5.82 Å². The predicted molar refractivity (Wildman–Crippen MR) is 235 cm³/mol. The van der Waals surface area contributed by atoms with E-state index in [0.717, 1.165) is 65.3 Å². The Morgan fingerprint density at radius 1 is 0.900 bits per heavy atom. The lowest BCUT2D eigenvalue weighted by atomic mass is 9.81. The molecule has 0 spiro atoms. The smallest absolute Gasteiger partial charge is 0.294 e. The quantitative estimate of drug-likeness (QED) is 0.0571. The summed E-state index contributed by atoms with van der Waals surface area (Å²) in [5.74, 6) is 0.299. The Hall–Kier alpha value is -4.83. The number of para-hydroxylation sites is 1. The molecule has 0 aromatic heterocycles. The van der Waals surface area contributed by atoms with E-state index in [1.54, 1.807) is 14.0 Å². The number of halogens is 1. The average molecular weight is 859 g/mol. The first-order valence-corrected chi connectivity index (χ1v) is 23.4. The summed E-state index contributed by atoms with van der Waals surface area (Å²) in [5.41, 5.74) is 6.83. The molecule has 318 valence electrons. The van der Waals surface area contributed by atoms with Crippen molar-refractivity contribution in [3.63, 3.8) is 0 Å². The maximum absolute atomic E-state index is 14.7. The van der Waals surface area contributed by atoms with Crippen molar-refractivity contribution in [2.24, 2.45) is 0 Å². The Morgan fingerprint density at radius 3 is 2.33 bits per heavy atom. The van der Waals surface area contributed by atoms with Gasteiger partial charge in [0, 0.05) is 53.9 Å². The van der Waals surface area contributed by atoms with Crippen molar-refractivity contribution in [1.82, 2.24) is 5.23 Å². The van der Waals surface area contributed by atoms with E-state index in [0.29, 0.717) is 43.7 Å². The fraction of sp³-hybridized carbons (Fsp3) is 0.378. The number of nitrogens with zero attached hydrogens (tertiary/aromatic N) is 2. The maximum atomic E-state index is 14.7. The lowest BCUT2D eigenvalue weighted by Crippen LogP contribution is -2.28. The van der Waals surface area contributed by atoms with Crippen LogP contribution >= 0.6 is 0 Å². The van der Waals surface area contributed by atoms with E-state index in [-0.39, 0.29) is 34.2 Å². The second kappa shape index (κ2) is 18.0. The fourth-order valence-corrected chi connectivity index (χ4v) is 9.56. The molecule has 3 N–H and O–H groups in total. The molecule has 3 aliphatic rings. The standard InChI is InChI=1S/C45H53BFN3O8S2/c1-44(2)36-14-5-6-15-38(36)49(27-8-7-16-42(51)48-46)40(44)25-17-31-12-11-13-32(43(31)58-34-20-22-35(23-21-34)60(55,56)57)18-26-41-45(3,4)37-30-33(47)19-24-39(37)50(41)28-9-10-29-59(52,53)54/h5-6,14-15,17-26,30H,7-13,16,27-29,46H2,1-4H3,(H2-,48,51,52,53,54,55,56,57)/p+1. The summed E-state index contributed by atoms with van der Waals surface area (Å²) in [6.07, 6.45) is 13.2. The van der Waals surface area contributed by atoms with E-state index < -0.39 is 25.7 Å². The minimum Gasteiger partial charge on any atom is -0.457 e. The number of rotatable bonds is 16. The Morgan fingerprint density at radius 2 is 1.63 bits per heavy atom. The summed E-state index contributed by atoms with van der Waals surface area (Å²) in [4.78, 5) is 13.8. The third kappa shape index (κ3) is 10.0. The van der Waals surface area contributed by atoms with Gasteiger partial charge in [0.2, 0.25) is 19.6 Å². The molecule has 0 saturated heterocycles. The highest BCUT2D eigenvalue weighted by Gasteiger charge is 2.44. The van der Waals surface area contributed by atoms with Crippen molar-refractivity contribution >= 4 is 51.2 Å². The van der Waals surface area contributed by atoms with E-state index in [4.69, 9.17) is 4.74 Å². The van der Waals surface area contributed by atoms with Crippen LogP contribution in [0.2, 0.25) is 0 Å². The first kappa shape index (κ1) is 44.7. The second-order valence-electron chi connectivity index (χ2n) is 16.6. The predicted octanol–water partition coefficient (Wildman–Crippen LogP) is 7.63. The van der Waals surface area contributed by atoms with Gasteiger partial charge < -0.3 is 14.9 Å². The highest BCUT2D eigenvalue weighted by molar-refractivity contribution is 7.86. The van der Waals surface area contributed by atoms with Gasteiger partial charge in [-0.05, 0) is 124 Å². The molecule has 0 atom stereocenters. The molecule has 0 saturated carbocycles. The lowest BCUT2D eigenvalue weighted by Gasteiger charge is -2.27. The number of hydrogen-bond donors (Lipinski definition) is 3. The summed E-state index contributed by atoms with van der Waals surface area (Å²) in [5, 5.41) is 2.70. The molecule has 60 heavy (non-hydrogen) atoms. The van der Waals surface area contributed by atoms with Gasteiger partial charge in [0.25, 0.3) is 20.2 Å². The Bertz CT molecular complexity index is 2530. The largest absolute Gasteiger partial charge is 0.457 e. The number of anilines is 1. The zero-order valence-electron chi connectivity index (χ0n) is 34.9. The molecule has 1 aliphatic carbocycles. The number of ether oxygens (including phenoxy) is 1. The molecule has 0 bridgehead atoms. The molecule has 11 nitrogen and oxygen atoms in total. The molecule has 3 aromatic rings. The maximum Gasteiger partial charge on any atom is 0.294 e. The minimum absolute atomic E-state index is 0.0171. The number of unbranched alkanes of at least 4 members (excludes halogenated alkanes) is 2. The van der Waals surface area contributed by atoms with Crippen LogP contribution in [0.5, 0.6) is 5.75 Å². The van der Waals surface area contributed by atoms with Crippen molar-refractivity contribution < 1.29 is 44.4 Å². The SMILES string of the molecule is BNC(=O)CCCC[N+]1=C(/C=C/C2=C(Oc3ccc(S(=O)(=O)O)cc3)C(=C/C=C3/N(CCCCS(=O)(=O)O)c4ccc(F)cc4C3(C)C)/CCC2)C(C)(C)c2ccccc21. The third-order valence-corrected chi connectivity index (χ3v) is 13.4. The van der Waals surface area contributed by atoms with Crippen LogP contribution in [0.1, 0.15) is 90.2 Å². The van der Waals surface area contributed by atoms with Crippen molar-refractivity contribution in [3.8, 4) is 5.75 Å². The van der Waals surface area contributed by atoms with Gasteiger partial charge in [-0.3, -0.25) is 13.9 Å². The fourth-order valence-electron chi connectivity index (χ4n) is 8.51. The van der Waals surface area contributed by atoms with Gasteiger partial charge in [0.05, 0.1) is 16.1 Å². The molecule has 15 heteroatoms. The van der Waals surface area contributed by atoms with Gasteiger partial charge >= 0.3 is 0 Å². The van der Waals surface area contributed by atoms with Gasteiger partial charge in [-0.25, -0.2) is 4.39 Å². The van der Waals surface area contributed by atoms with Crippen molar-refractivity contribution in [3.05, 3.63) is 131 Å². The van der Waals surface area contributed by atoms with E-state index >= 15 is 0 Å². The monoisotopic (exact) mass is 858 g/mol. The molecular weight excluding hydrogens is 804 g/mol. The van der Waals surface area contributed by atoms with Gasteiger partial charge in [-0.1, -0.05) is 38.1 Å². The molecule has 2 aliphatic heterocycles. The van der Waals surface area contributed by atoms with Gasteiger partial charge in [0.15, 0.2) is 5.71 Å². The van der Waals surface area contributed by atoms with Crippen molar-refractivity contribution in [2.75, 3.05) is 23.7 Å². The van der Waals surface area contributed by atoms with E-state index in [9.17, 15) is 35.1 Å². The average Bonchev–Trinajstić information content (AvgIpc) is 3.53. The Kier molecular flexibility index (Phi) is 13.4. The number of carbonyl (C=O) groups is 1. The second-order valence-corrected chi connectivity index (χ2v) is 19.6. The zero-order valence-corrected chi connectivity index (χ0v) is 36.5. The molecule has 0 fully saturated rings. The molecule has 6 rings (SSSR count). The molecule has 2 heterocycles. The summed E-state index contributed by atoms with van der Waals surface area (Å²) >= 11 is 0. The molecule has 3 aromatic carbocycles. The van der Waals surface area contributed by atoms with Crippen LogP contribution in [-0.4, -0.2) is 69.0 Å². The molecule has 0 unspecified atom stereocenters. The first-order chi connectivity index (χ1) is 28.3. The van der Waals surface area contributed by atoms with Crippen LogP contribution < -0.4 is 14.9 Å². The number of hydrogen-bond acceptors (Lipinski definition) is 7. The van der Waals surface area contributed by atoms with Crippen molar-refractivity contribution in [2.45, 2.75) is 94.8 Å².